The van der Waals surface area contributed by atoms with Gasteiger partial charge in [-0.25, -0.2) is 4.79 Å². The minimum Gasteiger partial charge on any atom is -0.361 e. The lowest BCUT2D eigenvalue weighted by molar-refractivity contribution is 0.202. The van der Waals surface area contributed by atoms with E-state index in [-0.39, 0.29) is 6.03 Å². The zero-order valence-electron chi connectivity index (χ0n) is 10.1. The molecule has 5 nitrogen and oxygen atoms in total. The summed E-state index contributed by atoms with van der Waals surface area (Å²) in [6, 6.07) is 6.90. The van der Waals surface area contributed by atoms with E-state index in [0.717, 1.165) is 17.0 Å². The summed E-state index contributed by atoms with van der Waals surface area (Å²) in [7, 11) is 0. The molecule has 0 atom stereocenters. The van der Waals surface area contributed by atoms with Gasteiger partial charge in [0.1, 0.15) is 5.76 Å². The van der Waals surface area contributed by atoms with Gasteiger partial charge in [0.2, 0.25) is 0 Å². The summed E-state index contributed by atoms with van der Waals surface area (Å²) in [5.74, 6) is 0.871. The molecule has 0 fully saturated rings. The van der Waals surface area contributed by atoms with Crippen LogP contribution in [0.15, 0.2) is 35.0 Å². The van der Waals surface area contributed by atoms with E-state index in [2.05, 4.69) is 10.5 Å². The number of hydrogen-bond donors (Lipinski definition) is 1. The first-order valence-corrected chi connectivity index (χ1v) is 6.34. The lowest BCUT2D eigenvalue weighted by Gasteiger charge is -2.25. The van der Waals surface area contributed by atoms with Gasteiger partial charge in [0, 0.05) is 29.2 Å². The number of benzene rings is 1. The Bertz CT molecular complexity index is 594. The fourth-order valence-corrected chi connectivity index (χ4v) is 2.18. The number of halogens is 1. The highest BCUT2D eigenvalue weighted by Gasteiger charge is 2.23. The number of amides is 2. The predicted octanol–water partition coefficient (Wildman–Crippen LogP) is 2.92. The topological polar surface area (TPSA) is 58.4 Å². The Balaban J connectivity index is 1.67. The Kier molecular flexibility index (Phi) is 3.13. The summed E-state index contributed by atoms with van der Waals surface area (Å²) in [6.07, 6.45) is 2.36. The monoisotopic (exact) mass is 277 g/mol. The molecule has 19 heavy (non-hydrogen) atoms. The minimum atomic E-state index is -0.130. The lowest BCUT2D eigenvalue weighted by atomic mass is 10.1. The SMILES string of the molecule is O=C(Nc1ccc(Cl)cc1)N1CCc2oncc2C1. The molecule has 0 radical (unpaired) electrons. The van der Waals surface area contributed by atoms with Gasteiger partial charge in [-0.3, -0.25) is 0 Å². The Morgan fingerprint density at radius 3 is 2.95 bits per heavy atom. The van der Waals surface area contributed by atoms with Gasteiger partial charge >= 0.3 is 6.03 Å². The lowest BCUT2D eigenvalue weighted by Crippen LogP contribution is -2.38. The maximum absolute atomic E-state index is 12.1. The van der Waals surface area contributed by atoms with Crippen LogP contribution in [0.1, 0.15) is 11.3 Å². The first-order valence-electron chi connectivity index (χ1n) is 5.96. The van der Waals surface area contributed by atoms with Crippen LogP contribution in [0.2, 0.25) is 5.02 Å². The first kappa shape index (κ1) is 12.0. The molecule has 6 heteroatoms. The van der Waals surface area contributed by atoms with Crippen LogP contribution in [0.4, 0.5) is 10.5 Å². The molecule has 1 aliphatic rings. The van der Waals surface area contributed by atoms with Crippen molar-refractivity contribution >= 4 is 23.3 Å². The van der Waals surface area contributed by atoms with Crippen molar-refractivity contribution in [3.63, 3.8) is 0 Å². The number of nitrogens with one attached hydrogen (secondary N) is 1. The van der Waals surface area contributed by atoms with Crippen molar-refractivity contribution < 1.29 is 9.32 Å². The van der Waals surface area contributed by atoms with Crippen LogP contribution in [-0.4, -0.2) is 22.6 Å². The van der Waals surface area contributed by atoms with Gasteiger partial charge in [-0.05, 0) is 24.3 Å². The molecule has 2 heterocycles. The van der Waals surface area contributed by atoms with Gasteiger partial charge in [-0.2, -0.15) is 0 Å². The van der Waals surface area contributed by atoms with Crippen molar-refractivity contribution in [2.75, 3.05) is 11.9 Å². The number of hydrogen-bond acceptors (Lipinski definition) is 3. The predicted molar refractivity (Wildman–Crippen MR) is 71.1 cm³/mol. The van der Waals surface area contributed by atoms with Gasteiger partial charge in [0.15, 0.2) is 0 Å². The summed E-state index contributed by atoms with van der Waals surface area (Å²) in [5.41, 5.74) is 1.70. The molecule has 1 aromatic carbocycles. The summed E-state index contributed by atoms with van der Waals surface area (Å²) in [5, 5.41) is 7.23. The van der Waals surface area contributed by atoms with Gasteiger partial charge in [0.25, 0.3) is 0 Å². The zero-order valence-corrected chi connectivity index (χ0v) is 10.9. The average molecular weight is 278 g/mol. The van der Waals surface area contributed by atoms with Crippen LogP contribution >= 0.6 is 11.6 Å². The fourth-order valence-electron chi connectivity index (χ4n) is 2.05. The van der Waals surface area contributed by atoms with Gasteiger partial charge in [0.05, 0.1) is 12.7 Å². The molecule has 0 bridgehead atoms. The van der Waals surface area contributed by atoms with E-state index in [9.17, 15) is 4.79 Å². The standard InChI is InChI=1S/C13H12ClN3O2/c14-10-1-3-11(4-2-10)16-13(18)17-6-5-12-9(8-17)7-15-19-12/h1-4,7H,5-6,8H2,(H,16,18). The van der Waals surface area contributed by atoms with Crippen LogP contribution < -0.4 is 5.32 Å². The van der Waals surface area contributed by atoms with Gasteiger partial charge < -0.3 is 14.7 Å². The minimum absolute atomic E-state index is 0.130. The summed E-state index contributed by atoms with van der Waals surface area (Å²) >= 11 is 5.80. The largest absolute Gasteiger partial charge is 0.361 e. The normalized spacial score (nSPS) is 14.1. The van der Waals surface area contributed by atoms with Crippen LogP contribution in [0.25, 0.3) is 0 Å². The molecule has 0 saturated heterocycles. The average Bonchev–Trinajstić information content (AvgIpc) is 2.88. The number of carbonyl (C=O) groups excluding carboxylic acids is 1. The number of nitrogens with zero attached hydrogens (tertiary/aromatic N) is 2. The Labute approximate surface area is 115 Å². The van der Waals surface area contributed by atoms with E-state index in [1.807, 2.05) is 0 Å². The van der Waals surface area contributed by atoms with Gasteiger partial charge in [-0.1, -0.05) is 16.8 Å². The van der Waals surface area contributed by atoms with Crippen molar-refractivity contribution in [3.8, 4) is 0 Å². The zero-order chi connectivity index (χ0) is 13.2. The highest BCUT2D eigenvalue weighted by molar-refractivity contribution is 6.30. The van der Waals surface area contributed by atoms with Crippen molar-refractivity contribution in [1.82, 2.24) is 10.1 Å². The number of rotatable bonds is 1. The Hall–Kier alpha value is -2.01. The van der Waals surface area contributed by atoms with Crippen LogP contribution in [0.5, 0.6) is 0 Å². The van der Waals surface area contributed by atoms with Crippen molar-refractivity contribution in [3.05, 3.63) is 46.8 Å². The molecule has 2 amide bonds. The third-order valence-electron chi connectivity index (χ3n) is 3.08. The third-order valence-corrected chi connectivity index (χ3v) is 3.33. The number of carbonyl (C=O) groups is 1. The molecular formula is C13H12ClN3O2. The molecule has 0 saturated carbocycles. The summed E-state index contributed by atoms with van der Waals surface area (Å²) in [6.45, 7) is 1.15. The molecule has 98 valence electrons. The second-order valence-electron chi connectivity index (χ2n) is 4.38. The van der Waals surface area contributed by atoms with Gasteiger partial charge in [-0.15, -0.1) is 0 Å². The van der Waals surface area contributed by atoms with E-state index < -0.39 is 0 Å². The number of anilines is 1. The molecule has 1 aliphatic heterocycles. The van der Waals surface area contributed by atoms with Crippen molar-refractivity contribution in [2.45, 2.75) is 13.0 Å². The maximum Gasteiger partial charge on any atom is 0.322 e. The van der Waals surface area contributed by atoms with Crippen LogP contribution in [0, 0.1) is 0 Å². The highest BCUT2D eigenvalue weighted by Crippen LogP contribution is 2.19. The van der Waals surface area contributed by atoms with Crippen LogP contribution in [-0.2, 0) is 13.0 Å². The summed E-state index contributed by atoms with van der Waals surface area (Å²) < 4.78 is 5.09. The molecule has 1 N–H and O–H groups in total. The Morgan fingerprint density at radius 1 is 1.37 bits per heavy atom. The van der Waals surface area contributed by atoms with E-state index >= 15 is 0 Å². The molecule has 1 aromatic heterocycles. The van der Waals surface area contributed by atoms with E-state index in [1.54, 1.807) is 35.4 Å². The molecule has 0 aliphatic carbocycles. The fraction of sp³-hybridized carbons (Fsp3) is 0.231. The highest BCUT2D eigenvalue weighted by atomic mass is 35.5. The molecular weight excluding hydrogens is 266 g/mol. The quantitative estimate of drug-likeness (QED) is 0.872. The molecule has 2 aromatic rings. The molecule has 3 rings (SSSR count). The van der Waals surface area contributed by atoms with Crippen LogP contribution in [0.3, 0.4) is 0 Å². The first-order chi connectivity index (χ1) is 9.22. The number of aromatic nitrogens is 1. The van der Waals surface area contributed by atoms with Crippen molar-refractivity contribution in [2.24, 2.45) is 0 Å². The molecule has 0 spiro atoms. The smallest absolute Gasteiger partial charge is 0.322 e. The maximum atomic E-state index is 12.1. The van der Waals surface area contributed by atoms with E-state index in [4.69, 9.17) is 16.1 Å². The number of urea groups is 1. The second kappa shape index (κ2) is 4.93. The third kappa shape index (κ3) is 2.56. The molecule has 0 unspecified atom stereocenters. The van der Waals surface area contributed by atoms with E-state index in [0.29, 0.717) is 24.5 Å². The Morgan fingerprint density at radius 2 is 2.16 bits per heavy atom. The number of fused-ring (bicyclic) bond motifs is 1. The second-order valence-corrected chi connectivity index (χ2v) is 4.82. The van der Waals surface area contributed by atoms with Crippen molar-refractivity contribution in [1.29, 1.82) is 0 Å². The summed E-state index contributed by atoms with van der Waals surface area (Å²) in [4.78, 5) is 13.8. The van der Waals surface area contributed by atoms with E-state index in [1.165, 1.54) is 0 Å².